The summed E-state index contributed by atoms with van der Waals surface area (Å²) in [5, 5.41) is 18.5. The third-order valence-corrected chi connectivity index (χ3v) is 4.36. The molecule has 0 aliphatic carbocycles. The van der Waals surface area contributed by atoms with Gasteiger partial charge in [-0.15, -0.1) is 0 Å². The molecule has 2 N–H and O–H groups in total. The first-order chi connectivity index (χ1) is 12.1. The molecule has 0 saturated carbocycles. The van der Waals surface area contributed by atoms with E-state index in [4.69, 9.17) is 9.84 Å². The standard InChI is InChI=1S/C19H19NO5/c21-11-15-10-17(18(22)20(15)19(23)24)14-6-8-16(9-7-14)25-12-13-4-2-1-3-5-13/h1-9,15,17,21H,10-12H2,(H,23,24)/t15-,17+/m1/s1. The van der Waals surface area contributed by atoms with Crippen LogP contribution in [0.15, 0.2) is 54.6 Å². The Labute approximate surface area is 145 Å². The molecule has 0 spiro atoms. The third-order valence-electron chi connectivity index (χ3n) is 4.36. The Morgan fingerprint density at radius 1 is 1.12 bits per heavy atom. The Balaban J connectivity index is 1.68. The van der Waals surface area contributed by atoms with E-state index in [0.717, 1.165) is 16.0 Å². The van der Waals surface area contributed by atoms with Crippen LogP contribution in [0.25, 0.3) is 0 Å². The summed E-state index contributed by atoms with van der Waals surface area (Å²) in [7, 11) is 0. The highest BCUT2D eigenvalue weighted by atomic mass is 16.5. The Hall–Kier alpha value is -2.86. The minimum Gasteiger partial charge on any atom is -0.489 e. The number of hydrogen-bond acceptors (Lipinski definition) is 4. The molecule has 6 heteroatoms. The number of nitrogens with zero attached hydrogens (tertiary/aromatic N) is 1. The third kappa shape index (κ3) is 3.64. The summed E-state index contributed by atoms with van der Waals surface area (Å²) in [6, 6.07) is 16.2. The molecule has 1 saturated heterocycles. The molecule has 1 aliphatic heterocycles. The fourth-order valence-electron chi connectivity index (χ4n) is 3.05. The van der Waals surface area contributed by atoms with Gasteiger partial charge in [-0.1, -0.05) is 42.5 Å². The highest BCUT2D eigenvalue weighted by Crippen LogP contribution is 2.33. The molecule has 6 nitrogen and oxygen atoms in total. The van der Waals surface area contributed by atoms with Crippen LogP contribution in [0.4, 0.5) is 4.79 Å². The van der Waals surface area contributed by atoms with Crippen molar-refractivity contribution in [2.75, 3.05) is 6.61 Å². The van der Waals surface area contributed by atoms with E-state index in [1.54, 1.807) is 24.3 Å². The number of aliphatic hydroxyl groups excluding tert-OH is 1. The van der Waals surface area contributed by atoms with Crippen LogP contribution in [0.1, 0.15) is 23.5 Å². The fourth-order valence-corrected chi connectivity index (χ4v) is 3.05. The smallest absolute Gasteiger partial charge is 0.414 e. The van der Waals surface area contributed by atoms with Gasteiger partial charge in [0.2, 0.25) is 5.91 Å². The molecule has 0 aromatic heterocycles. The van der Waals surface area contributed by atoms with Crippen LogP contribution in [-0.4, -0.2) is 39.8 Å². The summed E-state index contributed by atoms with van der Waals surface area (Å²) in [4.78, 5) is 24.2. The second-order valence-corrected chi connectivity index (χ2v) is 5.96. The van der Waals surface area contributed by atoms with Crippen LogP contribution >= 0.6 is 0 Å². The van der Waals surface area contributed by atoms with Crippen LogP contribution in [0.2, 0.25) is 0 Å². The van der Waals surface area contributed by atoms with Gasteiger partial charge in [0, 0.05) is 0 Å². The van der Waals surface area contributed by atoms with Crippen LogP contribution in [0.3, 0.4) is 0 Å². The average molecular weight is 341 g/mol. The number of imide groups is 1. The van der Waals surface area contributed by atoms with Crippen molar-refractivity contribution in [1.29, 1.82) is 0 Å². The maximum absolute atomic E-state index is 12.3. The zero-order chi connectivity index (χ0) is 17.8. The van der Waals surface area contributed by atoms with E-state index in [-0.39, 0.29) is 13.0 Å². The lowest BCUT2D eigenvalue weighted by atomic mass is 9.96. The molecule has 25 heavy (non-hydrogen) atoms. The lowest BCUT2D eigenvalue weighted by Gasteiger charge is -2.16. The van der Waals surface area contributed by atoms with Crippen LogP contribution in [-0.2, 0) is 11.4 Å². The predicted molar refractivity (Wildman–Crippen MR) is 90.3 cm³/mol. The quantitative estimate of drug-likeness (QED) is 0.873. The van der Waals surface area contributed by atoms with Crippen molar-refractivity contribution in [2.45, 2.75) is 25.0 Å². The first kappa shape index (κ1) is 17.0. The molecule has 0 bridgehead atoms. The van der Waals surface area contributed by atoms with E-state index >= 15 is 0 Å². The first-order valence-corrected chi connectivity index (χ1v) is 8.03. The molecule has 2 aromatic carbocycles. The second-order valence-electron chi connectivity index (χ2n) is 5.96. The van der Waals surface area contributed by atoms with Crippen LogP contribution in [0, 0.1) is 0 Å². The van der Waals surface area contributed by atoms with Gasteiger partial charge in [0.1, 0.15) is 12.4 Å². The number of hydrogen-bond donors (Lipinski definition) is 2. The van der Waals surface area contributed by atoms with Gasteiger partial charge in [-0.3, -0.25) is 4.79 Å². The second kappa shape index (κ2) is 7.36. The average Bonchev–Trinajstić information content (AvgIpc) is 2.98. The molecule has 3 rings (SSSR count). The zero-order valence-electron chi connectivity index (χ0n) is 13.5. The van der Waals surface area contributed by atoms with E-state index in [1.807, 2.05) is 30.3 Å². The number of carbonyl (C=O) groups is 2. The largest absolute Gasteiger partial charge is 0.489 e. The summed E-state index contributed by atoms with van der Waals surface area (Å²) in [5.41, 5.74) is 1.78. The van der Waals surface area contributed by atoms with Gasteiger partial charge in [0.05, 0.1) is 18.6 Å². The van der Waals surface area contributed by atoms with E-state index in [0.29, 0.717) is 12.4 Å². The van der Waals surface area contributed by atoms with Gasteiger partial charge in [0.15, 0.2) is 0 Å². The van der Waals surface area contributed by atoms with Gasteiger partial charge >= 0.3 is 6.09 Å². The van der Waals surface area contributed by atoms with Crippen LogP contribution in [0.5, 0.6) is 5.75 Å². The van der Waals surface area contributed by atoms with Gasteiger partial charge < -0.3 is 14.9 Å². The van der Waals surface area contributed by atoms with Crippen molar-refractivity contribution in [3.05, 3.63) is 65.7 Å². The molecule has 1 fully saturated rings. The van der Waals surface area contributed by atoms with Gasteiger partial charge in [0.25, 0.3) is 0 Å². The number of carboxylic acid groups (broad SMARTS) is 1. The monoisotopic (exact) mass is 341 g/mol. The highest BCUT2D eigenvalue weighted by Gasteiger charge is 2.43. The first-order valence-electron chi connectivity index (χ1n) is 8.03. The highest BCUT2D eigenvalue weighted by molar-refractivity contribution is 5.97. The van der Waals surface area contributed by atoms with Gasteiger partial charge in [-0.25, -0.2) is 9.69 Å². The summed E-state index contributed by atoms with van der Waals surface area (Å²) >= 11 is 0. The van der Waals surface area contributed by atoms with E-state index in [1.165, 1.54) is 0 Å². The topological polar surface area (TPSA) is 87.1 Å². The van der Waals surface area contributed by atoms with Crippen molar-refractivity contribution in [3.8, 4) is 5.75 Å². The summed E-state index contributed by atoms with van der Waals surface area (Å²) in [5.74, 6) is -0.382. The molecule has 0 radical (unpaired) electrons. The van der Waals surface area contributed by atoms with E-state index < -0.39 is 24.0 Å². The Morgan fingerprint density at radius 3 is 2.36 bits per heavy atom. The van der Waals surface area contributed by atoms with E-state index in [2.05, 4.69) is 0 Å². The minimum absolute atomic E-state index is 0.284. The number of benzene rings is 2. The fraction of sp³-hybridized carbons (Fsp3) is 0.263. The number of carbonyl (C=O) groups excluding carboxylic acids is 1. The van der Waals surface area contributed by atoms with Crippen molar-refractivity contribution in [3.63, 3.8) is 0 Å². The lowest BCUT2D eigenvalue weighted by Crippen LogP contribution is -2.39. The zero-order valence-corrected chi connectivity index (χ0v) is 13.5. The molecular weight excluding hydrogens is 322 g/mol. The van der Waals surface area contributed by atoms with E-state index in [9.17, 15) is 14.7 Å². The molecular formula is C19H19NO5. The molecule has 0 unspecified atom stereocenters. The van der Waals surface area contributed by atoms with Crippen molar-refractivity contribution in [1.82, 2.24) is 4.90 Å². The van der Waals surface area contributed by atoms with Gasteiger partial charge in [-0.05, 0) is 29.7 Å². The number of rotatable bonds is 5. The Bertz CT molecular complexity index is 744. The summed E-state index contributed by atoms with van der Waals surface area (Å²) < 4.78 is 5.71. The maximum atomic E-state index is 12.3. The molecule has 2 aromatic rings. The predicted octanol–water partition coefficient (Wildman–Crippen LogP) is 2.62. The molecule has 2 atom stereocenters. The van der Waals surface area contributed by atoms with Crippen molar-refractivity contribution < 1.29 is 24.5 Å². The lowest BCUT2D eigenvalue weighted by molar-refractivity contribution is -0.128. The molecule has 1 aliphatic rings. The van der Waals surface area contributed by atoms with Crippen molar-refractivity contribution in [2.24, 2.45) is 0 Å². The summed E-state index contributed by atoms with van der Waals surface area (Å²) in [6.07, 6.45) is -1.04. The summed E-state index contributed by atoms with van der Waals surface area (Å²) in [6.45, 7) is 0.0781. The molecule has 1 heterocycles. The molecule has 130 valence electrons. The van der Waals surface area contributed by atoms with Gasteiger partial charge in [-0.2, -0.15) is 0 Å². The minimum atomic E-state index is -1.32. The van der Waals surface area contributed by atoms with Crippen LogP contribution < -0.4 is 4.74 Å². The SMILES string of the molecule is O=C(O)N1C(=O)[C@H](c2ccc(OCc3ccccc3)cc2)C[C@@H]1CO. The number of ether oxygens (including phenoxy) is 1. The number of likely N-dealkylation sites (tertiary alicyclic amines) is 1. The normalized spacial score (nSPS) is 19.9. The molecule has 2 amide bonds. The van der Waals surface area contributed by atoms with Crippen molar-refractivity contribution >= 4 is 12.0 Å². The number of aliphatic hydroxyl groups is 1. The Morgan fingerprint density at radius 2 is 1.80 bits per heavy atom. The maximum Gasteiger partial charge on any atom is 0.414 e. The number of amides is 2. The Kier molecular flexibility index (Phi) is 5.00.